The van der Waals surface area contributed by atoms with E-state index in [1.165, 1.54) is 0 Å². The third kappa shape index (κ3) is 7.02. The smallest absolute Gasteiger partial charge is 0.318 e. The second-order valence-corrected chi connectivity index (χ2v) is 9.03. The zero-order valence-corrected chi connectivity index (χ0v) is 19.8. The van der Waals surface area contributed by atoms with Crippen LogP contribution in [0.25, 0.3) is 0 Å². The normalized spacial score (nSPS) is 12.1. The number of carbonyl (C=O) groups excluding carboxylic acids is 2. The van der Waals surface area contributed by atoms with Gasteiger partial charge in [-0.1, -0.05) is 37.3 Å². The van der Waals surface area contributed by atoms with Gasteiger partial charge in [-0.25, -0.2) is 4.79 Å². The van der Waals surface area contributed by atoms with Crippen molar-refractivity contribution in [3.63, 3.8) is 0 Å². The fourth-order valence-electron chi connectivity index (χ4n) is 3.35. The summed E-state index contributed by atoms with van der Waals surface area (Å²) in [6.07, 6.45) is 0.413. The Morgan fingerprint density at radius 2 is 1.68 bits per heavy atom. The fraction of sp³-hybridized carbons (Fsp3) is 0.440. The van der Waals surface area contributed by atoms with Crippen LogP contribution in [0.1, 0.15) is 58.2 Å². The van der Waals surface area contributed by atoms with Crippen LogP contribution in [-0.2, 0) is 11.3 Å². The van der Waals surface area contributed by atoms with E-state index in [1.54, 1.807) is 0 Å². The Hall–Kier alpha value is -3.02. The largest absolute Gasteiger partial charge is 0.377 e. The van der Waals surface area contributed by atoms with E-state index in [2.05, 4.69) is 10.6 Å². The minimum atomic E-state index is -0.354. The predicted molar refractivity (Wildman–Crippen MR) is 128 cm³/mol. The number of rotatable bonds is 7. The van der Waals surface area contributed by atoms with Gasteiger partial charge in [-0.15, -0.1) is 0 Å². The Bertz CT molecular complexity index is 888. The molecule has 0 aliphatic heterocycles. The lowest BCUT2D eigenvalue weighted by Gasteiger charge is -2.34. The molecule has 2 N–H and O–H groups in total. The van der Waals surface area contributed by atoms with Crippen LogP contribution < -0.4 is 15.5 Å². The maximum absolute atomic E-state index is 13.3. The van der Waals surface area contributed by atoms with Gasteiger partial charge in [0.1, 0.15) is 0 Å². The molecule has 3 amide bonds. The van der Waals surface area contributed by atoms with Gasteiger partial charge < -0.3 is 20.4 Å². The molecule has 31 heavy (non-hydrogen) atoms. The first-order valence-electron chi connectivity index (χ1n) is 10.8. The van der Waals surface area contributed by atoms with Crippen LogP contribution in [0.3, 0.4) is 0 Å². The number of amides is 3. The molecule has 0 aliphatic carbocycles. The van der Waals surface area contributed by atoms with Gasteiger partial charge in [-0.05, 0) is 57.0 Å². The monoisotopic (exact) mass is 424 g/mol. The second kappa shape index (κ2) is 10.3. The summed E-state index contributed by atoms with van der Waals surface area (Å²) in [6, 6.07) is 15.6. The molecule has 0 saturated carbocycles. The Balaban J connectivity index is 2.45. The van der Waals surface area contributed by atoms with Crippen LogP contribution >= 0.6 is 0 Å². The number of nitrogens with one attached hydrogen (secondary N) is 2. The van der Waals surface area contributed by atoms with Crippen molar-refractivity contribution >= 4 is 23.3 Å². The van der Waals surface area contributed by atoms with E-state index in [0.29, 0.717) is 13.0 Å². The molecule has 2 rings (SSSR count). The van der Waals surface area contributed by atoms with Gasteiger partial charge >= 0.3 is 6.03 Å². The lowest BCUT2D eigenvalue weighted by atomic mass is 10.0. The molecule has 168 valence electrons. The maximum Gasteiger partial charge on any atom is 0.318 e. The van der Waals surface area contributed by atoms with Crippen molar-refractivity contribution in [3.8, 4) is 0 Å². The van der Waals surface area contributed by atoms with Crippen molar-refractivity contribution in [3.05, 3.63) is 59.7 Å². The lowest BCUT2D eigenvalue weighted by Crippen LogP contribution is -2.49. The van der Waals surface area contributed by atoms with E-state index in [-0.39, 0.29) is 23.5 Å². The first kappa shape index (κ1) is 24.3. The van der Waals surface area contributed by atoms with Crippen molar-refractivity contribution < 1.29 is 9.59 Å². The number of urea groups is 1. The molecule has 0 fully saturated rings. The molecule has 0 aromatic heterocycles. The van der Waals surface area contributed by atoms with Crippen LogP contribution in [0.15, 0.2) is 48.5 Å². The molecule has 6 heteroatoms. The molecule has 0 heterocycles. The van der Waals surface area contributed by atoms with Crippen LogP contribution in [0, 0.1) is 0 Å². The van der Waals surface area contributed by atoms with Crippen molar-refractivity contribution in [1.82, 2.24) is 10.2 Å². The molecule has 0 spiro atoms. The summed E-state index contributed by atoms with van der Waals surface area (Å²) in [6.45, 7) is 10.2. The summed E-state index contributed by atoms with van der Waals surface area (Å²) in [7, 11) is 3.95. The number of hydrogen-bond acceptors (Lipinski definition) is 3. The van der Waals surface area contributed by atoms with Gasteiger partial charge in [0.25, 0.3) is 0 Å². The van der Waals surface area contributed by atoms with E-state index in [0.717, 1.165) is 22.5 Å². The molecular formula is C25H36N4O2. The van der Waals surface area contributed by atoms with E-state index >= 15 is 0 Å². The van der Waals surface area contributed by atoms with Crippen LogP contribution in [0.2, 0.25) is 0 Å². The SMILES string of the molecule is CCC(=O)Nc1ccc(N(C)C)c(CN(C(=O)NC(C)(C)C)C(C)c2ccccc2)c1. The summed E-state index contributed by atoms with van der Waals surface area (Å²) < 4.78 is 0. The lowest BCUT2D eigenvalue weighted by molar-refractivity contribution is -0.115. The van der Waals surface area contributed by atoms with E-state index in [9.17, 15) is 9.59 Å². The van der Waals surface area contributed by atoms with Crippen molar-refractivity contribution in [2.45, 2.75) is 59.2 Å². The van der Waals surface area contributed by atoms with Gasteiger partial charge in [0.15, 0.2) is 0 Å². The molecule has 0 bridgehead atoms. The van der Waals surface area contributed by atoms with Crippen molar-refractivity contribution in [1.29, 1.82) is 0 Å². The number of carbonyl (C=O) groups is 2. The Morgan fingerprint density at radius 1 is 1.03 bits per heavy atom. The van der Waals surface area contributed by atoms with Gasteiger partial charge in [-0.2, -0.15) is 0 Å². The quantitative estimate of drug-likeness (QED) is 0.644. The standard InChI is InChI=1S/C25H36N4O2/c1-8-23(30)26-21-14-15-22(28(6)7)20(16-21)17-29(24(31)27-25(3,4)5)18(2)19-12-10-9-11-13-19/h9-16,18H,8,17H2,1-7H3,(H,26,30)(H,27,31). The maximum atomic E-state index is 13.3. The molecule has 1 atom stereocenters. The molecular weight excluding hydrogens is 388 g/mol. The second-order valence-electron chi connectivity index (χ2n) is 9.03. The van der Waals surface area contributed by atoms with Crippen molar-refractivity contribution in [2.24, 2.45) is 0 Å². The molecule has 6 nitrogen and oxygen atoms in total. The Labute approximate surface area is 186 Å². The van der Waals surface area contributed by atoms with Gasteiger partial charge in [0.2, 0.25) is 5.91 Å². The molecule has 2 aromatic carbocycles. The Kier molecular flexibility index (Phi) is 8.08. The van der Waals surface area contributed by atoms with E-state index in [1.807, 2.05) is 107 Å². The fourth-order valence-corrected chi connectivity index (χ4v) is 3.35. The van der Waals surface area contributed by atoms with Crippen LogP contribution in [0.4, 0.5) is 16.2 Å². The summed E-state index contributed by atoms with van der Waals surface area (Å²) >= 11 is 0. The van der Waals surface area contributed by atoms with Gasteiger partial charge in [-0.3, -0.25) is 4.79 Å². The third-order valence-electron chi connectivity index (χ3n) is 5.00. The highest BCUT2D eigenvalue weighted by atomic mass is 16.2. The minimum Gasteiger partial charge on any atom is -0.377 e. The average molecular weight is 425 g/mol. The summed E-state index contributed by atoms with van der Waals surface area (Å²) in [5.41, 5.74) is 3.41. The first-order chi connectivity index (χ1) is 14.5. The molecule has 2 aromatic rings. The highest BCUT2D eigenvalue weighted by Crippen LogP contribution is 2.29. The average Bonchev–Trinajstić information content (AvgIpc) is 2.70. The summed E-state index contributed by atoms with van der Waals surface area (Å²) in [4.78, 5) is 29.1. The van der Waals surface area contributed by atoms with Crippen molar-refractivity contribution in [2.75, 3.05) is 24.3 Å². The first-order valence-corrected chi connectivity index (χ1v) is 10.8. The van der Waals surface area contributed by atoms with Gasteiger partial charge in [0.05, 0.1) is 12.6 Å². The van der Waals surface area contributed by atoms with Gasteiger partial charge in [0, 0.05) is 37.4 Å². The molecule has 0 saturated heterocycles. The molecule has 0 radical (unpaired) electrons. The molecule has 1 unspecified atom stereocenters. The zero-order valence-electron chi connectivity index (χ0n) is 19.8. The molecule has 0 aliphatic rings. The Morgan fingerprint density at radius 3 is 2.23 bits per heavy atom. The summed E-state index contributed by atoms with van der Waals surface area (Å²) in [5.74, 6) is -0.0384. The minimum absolute atomic E-state index is 0.0384. The number of benzene rings is 2. The number of hydrogen-bond donors (Lipinski definition) is 2. The van der Waals surface area contributed by atoms with Crippen LogP contribution in [-0.4, -0.2) is 36.5 Å². The number of anilines is 2. The zero-order chi connectivity index (χ0) is 23.2. The van der Waals surface area contributed by atoms with Crippen LogP contribution in [0.5, 0.6) is 0 Å². The number of nitrogens with zero attached hydrogens (tertiary/aromatic N) is 2. The third-order valence-corrected chi connectivity index (χ3v) is 5.00. The highest BCUT2D eigenvalue weighted by Gasteiger charge is 2.26. The highest BCUT2D eigenvalue weighted by molar-refractivity contribution is 5.91. The predicted octanol–water partition coefficient (Wildman–Crippen LogP) is 5.17. The topological polar surface area (TPSA) is 64.7 Å². The van der Waals surface area contributed by atoms with E-state index < -0.39 is 0 Å². The van der Waals surface area contributed by atoms with E-state index in [4.69, 9.17) is 0 Å². The summed E-state index contributed by atoms with van der Waals surface area (Å²) in [5, 5.41) is 6.02.